The smallest absolute Gasteiger partial charge is 0.274 e. The fourth-order valence-electron chi connectivity index (χ4n) is 1.49. The molecule has 2 aromatic rings. The van der Waals surface area contributed by atoms with Gasteiger partial charge in [-0.05, 0) is 30.3 Å². The van der Waals surface area contributed by atoms with Crippen molar-refractivity contribution in [1.29, 1.82) is 10.5 Å². The number of hydrogen-bond acceptors (Lipinski definition) is 4. The predicted octanol–water partition coefficient (Wildman–Crippen LogP) is 2.08. The summed E-state index contributed by atoms with van der Waals surface area (Å²) in [5.74, 6) is -0.424. The van der Waals surface area contributed by atoms with Crippen molar-refractivity contribution in [3.8, 4) is 12.1 Å². The normalized spacial score (nSPS) is 9.16. The molecular weight excluding hydrogens is 240 g/mol. The summed E-state index contributed by atoms with van der Waals surface area (Å²) in [7, 11) is 0. The topological polar surface area (TPSA) is 89.6 Å². The summed E-state index contributed by atoms with van der Waals surface area (Å²) >= 11 is 0. The maximum atomic E-state index is 11.9. The van der Waals surface area contributed by atoms with E-state index in [0.717, 1.165) is 0 Å². The first-order valence-corrected chi connectivity index (χ1v) is 5.40. The van der Waals surface area contributed by atoms with Crippen molar-refractivity contribution in [1.82, 2.24) is 4.98 Å². The number of hydrogen-bond donors (Lipinski definition) is 1. The fourth-order valence-corrected chi connectivity index (χ4v) is 1.49. The fraction of sp³-hybridized carbons (Fsp3) is 0. The van der Waals surface area contributed by atoms with Gasteiger partial charge in [-0.3, -0.25) is 9.78 Å². The highest BCUT2D eigenvalue weighted by atomic mass is 16.1. The van der Waals surface area contributed by atoms with Gasteiger partial charge in [-0.15, -0.1) is 0 Å². The van der Waals surface area contributed by atoms with E-state index in [1.807, 2.05) is 12.1 Å². The highest BCUT2D eigenvalue weighted by molar-refractivity contribution is 6.03. The van der Waals surface area contributed by atoms with Gasteiger partial charge in [-0.25, -0.2) is 0 Å². The molecule has 2 rings (SSSR count). The zero-order valence-electron chi connectivity index (χ0n) is 9.79. The Morgan fingerprint density at radius 3 is 2.58 bits per heavy atom. The number of carbonyl (C=O) groups excluding carboxylic acids is 1. The van der Waals surface area contributed by atoms with Gasteiger partial charge in [0, 0.05) is 11.9 Å². The van der Waals surface area contributed by atoms with Crippen molar-refractivity contribution in [3.05, 3.63) is 59.4 Å². The quantitative estimate of drug-likeness (QED) is 0.880. The van der Waals surface area contributed by atoms with E-state index in [1.54, 1.807) is 24.3 Å². The third-order valence-electron chi connectivity index (χ3n) is 2.37. The summed E-state index contributed by atoms with van der Waals surface area (Å²) in [5.41, 5.74) is 1.48. The maximum Gasteiger partial charge on any atom is 0.274 e. The number of anilines is 1. The molecule has 0 spiro atoms. The second-order valence-corrected chi connectivity index (χ2v) is 3.69. The van der Waals surface area contributed by atoms with Gasteiger partial charge >= 0.3 is 0 Å². The van der Waals surface area contributed by atoms with Crippen molar-refractivity contribution in [2.75, 3.05) is 5.32 Å². The van der Waals surface area contributed by atoms with Gasteiger partial charge in [0.1, 0.15) is 5.69 Å². The molecule has 0 atom stereocenters. The van der Waals surface area contributed by atoms with Gasteiger partial charge in [-0.1, -0.05) is 6.07 Å². The van der Waals surface area contributed by atoms with Crippen LogP contribution in [-0.4, -0.2) is 10.9 Å². The molecule has 0 bridgehead atoms. The molecule has 5 heteroatoms. The van der Waals surface area contributed by atoms with E-state index in [4.69, 9.17) is 10.5 Å². The van der Waals surface area contributed by atoms with Crippen molar-refractivity contribution < 1.29 is 4.79 Å². The molecule has 0 radical (unpaired) electrons. The monoisotopic (exact) mass is 248 g/mol. The summed E-state index contributed by atoms with van der Waals surface area (Å²) in [6.07, 6.45) is 1.40. The summed E-state index contributed by atoms with van der Waals surface area (Å²) < 4.78 is 0. The number of rotatable bonds is 2. The van der Waals surface area contributed by atoms with Crippen LogP contribution in [-0.2, 0) is 0 Å². The van der Waals surface area contributed by atoms with E-state index in [2.05, 4.69) is 10.3 Å². The second kappa shape index (κ2) is 5.44. The molecule has 0 aliphatic heterocycles. The van der Waals surface area contributed by atoms with Gasteiger partial charge in [-0.2, -0.15) is 10.5 Å². The van der Waals surface area contributed by atoms with E-state index in [-0.39, 0.29) is 5.69 Å². The van der Waals surface area contributed by atoms with E-state index in [9.17, 15) is 4.79 Å². The van der Waals surface area contributed by atoms with E-state index in [0.29, 0.717) is 16.8 Å². The number of nitrogens with one attached hydrogen (secondary N) is 1. The van der Waals surface area contributed by atoms with Crippen LogP contribution in [0.15, 0.2) is 42.6 Å². The molecule has 0 unspecified atom stereocenters. The number of nitrogens with zero attached hydrogens (tertiary/aromatic N) is 3. The Morgan fingerprint density at radius 2 is 1.84 bits per heavy atom. The lowest BCUT2D eigenvalue weighted by atomic mass is 10.2. The van der Waals surface area contributed by atoms with Crippen LogP contribution in [0.4, 0.5) is 5.69 Å². The molecule has 19 heavy (non-hydrogen) atoms. The lowest BCUT2D eigenvalue weighted by Crippen LogP contribution is -2.13. The van der Waals surface area contributed by atoms with Crippen LogP contribution >= 0.6 is 0 Å². The summed E-state index contributed by atoms with van der Waals surface area (Å²) in [5, 5.41) is 20.1. The first kappa shape index (κ1) is 12.3. The maximum absolute atomic E-state index is 11.9. The summed E-state index contributed by atoms with van der Waals surface area (Å²) in [6, 6.07) is 13.4. The third kappa shape index (κ3) is 2.93. The first-order valence-electron chi connectivity index (χ1n) is 5.40. The molecule has 1 amide bonds. The Hall–Kier alpha value is -3.18. The molecule has 90 valence electrons. The zero-order valence-corrected chi connectivity index (χ0v) is 9.79. The largest absolute Gasteiger partial charge is 0.321 e. The van der Waals surface area contributed by atoms with Crippen LogP contribution < -0.4 is 5.32 Å². The van der Waals surface area contributed by atoms with Crippen molar-refractivity contribution in [2.24, 2.45) is 0 Å². The van der Waals surface area contributed by atoms with E-state index < -0.39 is 5.91 Å². The third-order valence-corrected chi connectivity index (χ3v) is 2.37. The Bertz CT molecular complexity index is 710. The average Bonchev–Trinajstić information content (AvgIpc) is 2.47. The van der Waals surface area contributed by atoms with Crippen molar-refractivity contribution in [3.63, 3.8) is 0 Å². The van der Waals surface area contributed by atoms with Crippen LogP contribution in [0.25, 0.3) is 0 Å². The minimum atomic E-state index is -0.424. The first-order chi connectivity index (χ1) is 9.22. The molecule has 0 saturated heterocycles. The van der Waals surface area contributed by atoms with Crippen LogP contribution in [0.2, 0.25) is 0 Å². The lowest BCUT2D eigenvalue weighted by molar-refractivity contribution is 0.102. The Morgan fingerprint density at radius 1 is 1.11 bits per heavy atom. The minimum absolute atomic E-state index is 0.154. The van der Waals surface area contributed by atoms with Crippen LogP contribution in [0.1, 0.15) is 21.6 Å². The van der Waals surface area contributed by atoms with Gasteiger partial charge in [0.15, 0.2) is 0 Å². The van der Waals surface area contributed by atoms with Crippen LogP contribution in [0.3, 0.4) is 0 Å². The molecular formula is C14H8N4O. The second-order valence-electron chi connectivity index (χ2n) is 3.69. The van der Waals surface area contributed by atoms with Gasteiger partial charge in [0.05, 0.1) is 23.3 Å². The average molecular weight is 248 g/mol. The van der Waals surface area contributed by atoms with Gasteiger partial charge in [0.25, 0.3) is 5.91 Å². The molecule has 1 aromatic carbocycles. The van der Waals surface area contributed by atoms with E-state index in [1.165, 1.54) is 18.3 Å². The van der Waals surface area contributed by atoms with Crippen molar-refractivity contribution >= 4 is 11.6 Å². The molecule has 0 fully saturated rings. The van der Waals surface area contributed by atoms with Crippen molar-refractivity contribution in [2.45, 2.75) is 0 Å². The number of nitriles is 2. The number of amides is 1. The minimum Gasteiger partial charge on any atom is -0.321 e. The molecule has 1 aromatic heterocycles. The zero-order chi connectivity index (χ0) is 13.7. The summed E-state index contributed by atoms with van der Waals surface area (Å²) in [4.78, 5) is 15.8. The number of aromatic nitrogens is 1. The van der Waals surface area contributed by atoms with E-state index >= 15 is 0 Å². The molecule has 5 nitrogen and oxygen atoms in total. The van der Waals surface area contributed by atoms with Crippen LogP contribution in [0, 0.1) is 22.7 Å². The molecule has 0 aliphatic rings. The molecule has 0 saturated carbocycles. The summed E-state index contributed by atoms with van der Waals surface area (Å²) in [6.45, 7) is 0. The number of carbonyl (C=O) groups is 1. The highest BCUT2D eigenvalue weighted by Gasteiger charge is 2.08. The molecule has 1 N–H and O–H groups in total. The highest BCUT2D eigenvalue weighted by Crippen LogP contribution is 2.11. The Labute approximate surface area is 109 Å². The van der Waals surface area contributed by atoms with Gasteiger partial charge < -0.3 is 5.32 Å². The van der Waals surface area contributed by atoms with Gasteiger partial charge in [0.2, 0.25) is 0 Å². The number of benzene rings is 1. The molecule has 1 heterocycles. The SMILES string of the molecule is N#Cc1cccc(NC(=O)c2cc(C#N)ccn2)c1. The van der Waals surface area contributed by atoms with Crippen LogP contribution in [0.5, 0.6) is 0 Å². The Balaban J connectivity index is 2.21. The Kier molecular flexibility index (Phi) is 3.51. The lowest BCUT2D eigenvalue weighted by Gasteiger charge is -2.04. The standard InChI is InChI=1S/C14H8N4O/c15-8-10-2-1-3-12(6-10)18-14(19)13-7-11(9-16)4-5-17-13/h1-7H,(H,18,19). The predicted molar refractivity (Wildman–Crippen MR) is 68.1 cm³/mol. The molecule has 0 aliphatic carbocycles. The number of pyridine rings is 1.